The normalized spacial score (nSPS) is 15.6. The van der Waals surface area contributed by atoms with E-state index in [0.717, 1.165) is 28.1 Å². The molecule has 1 aromatic carbocycles. The van der Waals surface area contributed by atoms with Gasteiger partial charge in [0, 0.05) is 25.6 Å². The van der Waals surface area contributed by atoms with Gasteiger partial charge in [0.05, 0.1) is 20.8 Å². The monoisotopic (exact) mass is 341 g/mol. The highest BCUT2D eigenvalue weighted by atomic mass is 16.7. The molecule has 0 aliphatic carbocycles. The molecular weight excluding hydrogens is 318 g/mol. The van der Waals surface area contributed by atoms with Gasteiger partial charge in [-0.1, -0.05) is 12.1 Å². The van der Waals surface area contributed by atoms with Gasteiger partial charge >= 0.3 is 0 Å². The number of pyridine rings is 1. The molecule has 1 aliphatic rings. The van der Waals surface area contributed by atoms with Crippen LogP contribution < -0.4 is 14.2 Å². The van der Waals surface area contributed by atoms with Crippen LogP contribution in [-0.2, 0) is 11.3 Å². The smallest absolute Gasteiger partial charge is 0.205 e. The van der Waals surface area contributed by atoms with E-state index in [4.69, 9.17) is 18.9 Å². The first-order chi connectivity index (χ1) is 11.9. The maximum atomic E-state index is 6.02. The third kappa shape index (κ3) is 3.61. The lowest BCUT2D eigenvalue weighted by Crippen LogP contribution is -2.36. The van der Waals surface area contributed by atoms with Crippen LogP contribution in [0.5, 0.6) is 17.2 Å². The number of fused-ring (bicyclic) bond motifs is 1. The number of ether oxygens (including phenoxy) is 4. The van der Waals surface area contributed by atoms with Crippen LogP contribution in [0.3, 0.4) is 0 Å². The Morgan fingerprint density at radius 2 is 1.88 bits per heavy atom. The maximum absolute atomic E-state index is 6.02. The standard InChI is InChI=1S/C20H23NO4/c1-13-11-21-16(19-15(13)12-24-20(2,3)25-19)8-6-14-7-9-17(22-4)18(10-14)23-5/h6-11H,12H2,1-5H3/b8-6+. The summed E-state index contributed by atoms with van der Waals surface area (Å²) in [7, 11) is 3.25. The van der Waals surface area contributed by atoms with Gasteiger partial charge in [-0.3, -0.25) is 4.98 Å². The van der Waals surface area contributed by atoms with Crippen LogP contribution in [0.2, 0.25) is 0 Å². The number of hydrogen-bond acceptors (Lipinski definition) is 5. The summed E-state index contributed by atoms with van der Waals surface area (Å²) in [5, 5.41) is 0. The zero-order chi connectivity index (χ0) is 18.0. The number of aromatic nitrogens is 1. The molecule has 0 fully saturated rings. The van der Waals surface area contributed by atoms with Gasteiger partial charge in [0.1, 0.15) is 5.69 Å². The van der Waals surface area contributed by atoms with Crippen LogP contribution in [0.25, 0.3) is 12.2 Å². The van der Waals surface area contributed by atoms with Crippen molar-refractivity contribution in [1.29, 1.82) is 0 Å². The Bertz CT molecular complexity index is 812. The largest absolute Gasteiger partial charge is 0.493 e. The minimum Gasteiger partial charge on any atom is -0.493 e. The summed E-state index contributed by atoms with van der Waals surface area (Å²) in [5.74, 6) is 1.52. The van der Waals surface area contributed by atoms with Gasteiger partial charge in [-0.05, 0) is 36.3 Å². The lowest BCUT2D eigenvalue weighted by molar-refractivity contribution is -0.180. The summed E-state index contributed by atoms with van der Waals surface area (Å²) < 4.78 is 22.4. The van der Waals surface area contributed by atoms with Crippen molar-refractivity contribution in [3.05, 3.63) is 46.8 Å². The quantitative estimate of drug-likeness (QED) is 0.833. The molecule has 1 aliphatic heterocycles. The van der Waals surface area contributed by atoms with Crippen LogP contribution in [0.4, 0.5) is 0 Å². The van der Waals surface area contributed by atoms with Crippen molar-refractivity contribution in [3.8, 4) is 17.2 Å². The molecule has 5 heteroatoms. The Morgan fingerprint density at radius 3 is 2.60 bits per heavy atom. The molecule has 0 unspecified atom stereocenters. The van der Waals surface area contributed by atoms with Gasteiger partial charge in [-0.2, -0.15) is 0 Å². The highest BCUT2D eigenvalue weighted by molar-refractivity contribution is 5.73. The van der Waals surface area contributed by atoms with Crippen LogP contribution in [0, 0.1) is 6.92 Å². The second-order valence-corrected chi connectivity index (χ2v) is 6.37. The van der Waals surface area contributed by atoms with E-state index in [-0.39, 0.29) is 0 Å². The molecule has 3 rings (SSSR count). The highest BCUT2D eigenvalue weighted by Gasteiger charge is 2.30. The summed E-state index contributed by atoms with van der Waals surface area (Å²) in [6, 6.07) is 5.76. The van der Waals surface area contributed by atoms with Crippen LogP contribution in [-0.4, -0.2) is 25.0 Å². The Balaban J connectivity index is 1.95. The first-order valence-corrected chi connectivity index (χ1v) is 8.15. The lowest BCUT2D eigenvalue weighted by Gasteiger charge is -2.33. The van der Waals surface area contributed by atoms with E-state index in [0.29, 0.717) is 18.1 Å². The molecule has 0 saturated heterocycles. The van der Waals surface area contributed by atoms with Crippen molar-refractivity contribution in [2.45, 2.75) is 33.2 Å². The summed E-state index contributed by atoms with van der Waals surface area (Å²) in [6.07, 6.45) is 5.77. The fourth-order valence-corrected chi connectivity index (χ4v) is 2.70. The molecule has 0 amide bonds. The number of aryl methyl sites for hydroxylation is 1. The second kappa shape index (κ2) is 6.76. The van der Waals surface area contributed by atoms with E-state index in [1.807, 2.05) is 57.3 Å². The van der Waals surface area contributed by atoms with Crippen molar-refractivity contribution >= 4 is 12.2 Å². The molecule has 0 saturated carbocycles. The molecule has 0 radical (unpaired) electrons. The molecule has 0 atom stereocenters. The lowest BCUT2D eigenvalue weighted by atomic mass is 10.1. The Kier molecular flexibility index (Phi) is 4.68. The van der Waals surface area contributed by atoms with Crippen molar-refractivity contribution in [3.63, 3.8) is 0 Å². The molecule has 2 heterocycles. The third-order valence-corrected chi connectivity index (χ3v) is 4.13. The van der Waals surface area contributed by atoms with E-state index >= 15 is 0 Å². The molecule has 0 spiro atoms. The summed E-state index contributed by atoms with van der Waals surface area (Å²) in [5.41, 5.74) is 3.88. The summed E-state index contributed by atoms with van der Waals surface area (Å²) >= 11 is 0. The average molecular weight is 341 g/mol. The first kappa shape index (κ1) is 17.3. The molecule has 0 bridgehead atoms. The Morgan fingerprint density at radius 1 is 1.12 bits per heavy atom. The number of benzene rings is 1. The molecule has 25 heavy (non-hydrogen) atoms. The third-order valence-electron chi connectivity index (χ3n) is 4.13. The molecule has 1 aromatic heterocycles. The van der Waals surface area contributed by atoms with E-state index in [1.54, 1.807) is 14.2 Å². The predicted molar refractivity (Wildman–Crippen MR) is 96.9 cm³/mol. The van der Waals surface area contributed by atoms with Crippen molar-refractivity contribution in [2.75, 3.05) is 14.2 Å². The minimum atomic E-state index is -0.658. The van der Waals surface area contributed by atoms with Crippen molar-refractivity contribution < 1.29 is 18.9 Å². The summed E-state index contributed by atoms with van der Waals surface area (Å²) in [6.45, 7) is 6.34. The van der Waals surface area contributed by atoms with Gasteiger partial charge in [-0.25, -0.2) is 0 Å². The number of methoxy groups -OCH3 is 2. The SMILES string of the molecule is COc1ccc(/C=C/c2ncc(C)c3c2OC(C)(C)OC3)cc1OC. The molecule has 0 N–H and O–H groups in total. The molecule has 132 valence electrons. The minimum absolute atomic E-state index is 0.522. The fraction of sp³-hybridized carbons (Fsp3) is 0.350. The van der Waals surface area contributed by atoms with Crippen LogP contribution in [0.15, 0.2) is 24.4 Å². The Labute approximate surface area is 148 Å². The van der Waals surface area contributed by atoms with Gasteiger partial charge in [-0.15, -0.1) is 0 Å². The molecule has 2 aromatic rings. The van der Waals surface area contributed by atoms with E-state index in [2.05, 4.69) is 4.98 Å². The topological polar surface area (TPSA) is 49.8 Å². The number of rotatable bonds is 4. The van der Waals surface area contributed by atoms with Crippen LogP contribution >= 0.6 is 0 Å². The number of hydrogen-bond donors (Lipinski definition) is 0. The maximum Gasteiger partial charge on any atom is 0.205 e. The fourth-order valence-electron chi connectivity index (χ4n) is 2.70. The Hall–Kier alpha value is -2.53. The highest BCUT2D eigenvalue weighted by Crippen LogP contribution is 2.36. The first-order valence-electron chi connectivity index (χ1n) is 8.15. The number of nitrogens with zero attached hydrogens (tertiary/aromatic N) is 1. The van der Waals surface area contributed by atoms with Crippen molar-refractivity contribution in [2.24, 2.45) is 0 Å². The van der Waals surface area contributed by atoms with E-state index in [1.165, 1.54) is 0 Å². The van der Waals surface area contributed by atoms with Gasteiger partial charge < -0.3 is 18.9 Å². The van der Waals surface area contributed by atoms with E-state index in [9.17, 15) is 0 Å². The van der Waals surface area contributed by atoms with Gasteiger partial charge in [0.25, 0.3) is 0 Å². The zero-order valence-electron chi connectivity index (χ0n) is 15.3. The van der Waals surface area contributed by atoms with E-state index < -0.39 is 5.79 Å². The van der Waals surface area contributed by atoms with Gasteiger partial charge in [0.15, 0.2) is 17.2 Å². The average Bonchev–Trinajstić information content (AvgIpc) is 2.60. The molecule has 5 nitrogen and oxygen atoms in total. The predicted octanol–water partition coefficient (Wildman–Crippen LogP) is 4.22. The molecular formula is C20H23NO4. The van der Waals surface area contributed by atoms with Crippen molar-refractivity contribution in [1.82, 2.24) is 4.98 Å². The van der Waals surface area contributed by atoms with Gasteiger partial charge in [0.2, 0.25) is 5.79 Å². The second-order valence-electron chi connectivity index (χ2n) is 6.37. The van der Waals surface area contributed by atoms with Crippen LogP contribution in [0.1, 0.15) is 36.2 Å². The zero-order valence-corrected chi connectivity index (χ0v) is 15.3. The summed E-state index contributed by atoms with van der Waals surface area (Å²) in [4.78, 5) is 4.53.